The Morgan fingerprint density at radius 3 is 2.07 bits per heavy atom. The number of rotatable bonds is 0. The van der Waals surface area contributed by atoms with Crippen LogP contribution in [0.25, 0.3) is 10.8 Å². The number of aryl methyl sites for hydroxylation is 1. The van der Waals surface area contributed by atoms with Gasteiger partial charge in [0, 0.05) is 0 Å². The molecule has 66 valence electrons. The third kappa shape index (κ3) is 1.64. The van der Waals surface area contributed by atoms with Crippen LogP contribution in [0.3, 0.4) is 0 Å². The summed E-state index contributed by atoms with van der Waals surface area (Å²) in [6.45, 7) is 1.91. The second kappa shape index (κ2) is 3.47. The Morgan fingerprint density at radius 1 is 1.00 bits per heavy atom. The number of nitriles is 1. The predicted octanol–water partition coefficient (Wildman–Crippen LogP) is 0.607. The van der Waals surface area contributed by atoms with Crippen molar-refractivity contribution in [2.75, 3.05) is 0 Å². The molecule has 0 saturated carbocycles. The van der Waals surface area contributed by atoms with Crippen molar-refractivity contribution in [2.45, 2.75) is 6.92 Å². The van der Waals surface area contributed by atoms with Crippen molar-refractivity contribution in [3.05, 3.63) is 35.4 Å². The van der Waals surface area contributed by atoms with Gasteiger partial charge in [-0.2, -0.15) is 5.26 Å². The fraction of sp³-hybridized carbons (Fsp3) is 0.0833. The highest BCUT2D eigenvalue weighted by Crippen LogP contribution is 2.17. The Labute approximate surface area is 91.5 Å². The molecule has 0 aliphatic heterocycles. The highest BCUT2D eigenvalue weighted by atomic mass is 14.2. The molecule has 2 rings (SSSR count). The average Bonchev–Trinajstić information content (AvgIpc) is 2.20. The van der Waals surface area contributed by atoms with Gasteiger partial charge < -0.3 is 0 Å². The normalized spacial score (nSPS) is 10.1. The van der Waals surface area contributed by atoms with Gasteiger partial charge in [0.25, 0.3) is 0 Å². The van der Waals surface area contributed by atoms with Gasteiger partial charge in [0.05, 0.1) is 11.6 Å². The lowest BCUT2D eigenvalue weighted by molar-refractivity contribution is 1.42. The fourth-order valence-corrected chi connectivity index (χ4v) is 1.62. The molecular weight excluding hydrogens is 180 g/mol. The highest BCUT2D eigenvalue weighted by Gasteiger charge is 2.02. The fourth-order valence-electron chi connectivity index (χ4n) is 1.62. The first-order valence-corrected chi connectivity index (χ1v) is 4.61. The summed E-state index contributed by atoms with van der Waals surface area (Å²) < 4.78 is 0. The SMILES string of the molecule is [B]c1cc2cc(C)c(C#N)cc2cc1[B]. The van der Waals surface area contributed by atoms with Gasteiger partial charge in [-0.15, -0.1) is 10.9 Å². The van der Waals surface area contributed by atoms with Gasteiger partial charge >= 0.3 is 0 Å². The number of hydrogen-bond donors (Lipinski definition) is 0. The lowest BCUT2D eigenvalue weighted by atomic mass is 9.79. The van der Waals surface area contributed by atoms with E-state index in [-0.39, 0.29) is 0 Å². The van der Waals surface area contributed by atoms with Crippen molar-refractivity contribution in [3.63, 3.8) is 0 Å². The van der Waals surface area contributed by atoms with E-state index in [1.165, 1.54) is 0 Å². The van der Waals surface area contributed by atoms with Crippen LogP contribution >= 0.6 is 0 Å². The van der Waals surface area contributed by atoms with E-state index in [9.17, 15) is 0 Å². The van der Waals surface area contributed by atoms with E-state index < -0.39 is 0 Å². The van der Waals surface area contributed by atoms with E-state index in [1.807, 2.05) is 25.1 Å². The van der Waals surface area contributed by atoms with Gasteiger partial charge in [-0.05, 0) is 29.3 Å². The van der Waals surface area contributed by atoms with Gasteiger partial charge in [0.1, 0.15) is 15.7 Å². The first-order valence-electron chi connectivity index (χ1n) is 4.61. The first kappa shape index (κ1) is 9.86. The Morgan fingerprint density at radius 2 is 1.53 bits per heavy atom. The van der Waals surface area contributed by atoms with E-state index in [1.54, 1.807) is 6.07 Å². The molecule has 2 aromatic rings. The molecular formula is C12H7B2N. The third-order valence-electron chi connectivity index (χ3n) is 2.51. The average molecular weight is 187 g/mol. The quantitative estimate of drug-likeness (QED) is 0.554. The monoisotopic (exact) mass is 187 g/mol. The zero-order valence-corrected chi connectivity index (χ0v) is 8.41. The number of fused-ring (bicyclic) bond motifs is 1. The third-order valence-corrected chi connectivity index (χ3v) is 2.51. The molecule has 0 heterocycles. The summed E-state index contributed by atoms with van der Waals surface area (Å²) in [5.74, 6) is 0. The summed E-state index contributed by atoms with van der Waals surface area (Å²) in [6, 6.07) is 9.56. The lowest BCUT2D eigenvalue weighted by Gasteiger charge is -2.06. The van der Waals surface area contributed by atoms with E-state index in [2.05, 4.69) is 6.07 Å². The molecule has 0 spiro atoms. The minimum absolute atomic E-state index is 0.551. The molecule has 0 atom stereocenters. The van der Waals surface area contributed by atoms with Gasteiger partial charge in [0.15, 0.2) is 0 Å². The minimum Gasteiger partial charge on any atom is -0.192 e. The second-order valence-electron chi connectivity index (χ2n) is 3.61. The van der Waals surface area contributed by atoms with Crippen LogP contribution in [0.15, 0.2) is 24.3 Å². The summed E-state index contributed by atoms with van der Waals surface area (Å²) in [5.41, 5.74) is 2.75. The molecule has 0 saturated heterocycles. The van der Waals surface area contributed by atoms with E-state index in [0.29, 0.717) is 16.5 Å². The van der Waals surface area contributed by atoms with Crippen LogP contribution in [0.2, 0.25) is 0 Å². The molecule has 15 heavy (non-hydrogen) atoms. The van der Waals surface area contributed by atoms with Gasteiger partial charge in [0.2, 0.25) is 0 Å². The molecule has 0 aromatic heterocycles. The summed E-state index contributed by atoms with van der Waals surface area (Å²) in [5, 5.41) is 10.9. The summed E-state index contributed by atoms with van der Waals surface area (Å²) in [7, 11) is 11.4. The van der Waals surface area contributed by atoms with Crippen molar-refractivity contribution in [1.29, 1.82) is 5.26 Å². The standard InChI is InChI=1S/C12H7B2N/c1-7-2-8-4-11(13)12(14)5-9(8)3-10(7)6-15/h2-5H,1H3. The maximum atomic E-state index is 8.90. The molecule has 0 aliphatic carbocycles. The summed E-state index contributed by atoms with van der Waals surface area (Å²) in [4.78, 5) is 0. The number of hydrogen-bond acceptors (Lipinski definition) is 1. The lowest BCUT2D eigenvalue weighted by Crippen LogP contribution is -2.24. The molecule has 0 N–H and O–H groups in total. The highest BCUT2D eigenvalue weighted by molar-refractivity contribution is 6.49. The predicted molar refractivity (Wildman–Crippen MR) is 64.2 cm³/mol. The van der Waals surface area contributed by atoms with Crippen LogP contribution < -0.4 is 10.9 Å². The van der Waals surface area contributed by atoms with Crippen LogP contribution in [-0.2, 0) is 0 Å². The van der Waals surface area contributed by atoms with Crippen LogP contribution in [0, 0.1) is 18.3 Å². The van der Waals surface area contributed by atoms with Crippen LogP contribution in [0.5, 0.6) is 0 Å². The maximum Gasteiger partial charge on any atom is 0.113 e. The first-order chi connectivity index (χ1) is 7.11. The van der Waals surface area contributed by atoms with Crippen LogP contribution in [-0.4, -0.2) is 15.7 Å². The zero-order valence-electron chi connectivity index (χ0n) is 8.41. The van der Waals surface area contributed by atoms with Gasteiger partial charge in [-0.1, -0.05) is 18.2 Å². The van der Waals surface area contributed by atoms with Crippen molar-refractivity contribution in [3.8, 4) is 6.07 Å². The number of nitrogens with zero attached hydrogens (tertiary/aromatic N) is 1. The minimum atomic E-state index is 0.551. The molecule has 1 nitrogen and oxygen atoms in total. The van der Waals surface area contributed by atoms with E-state index in [0.717, 1.165) is 16.3 Å². The Hall–Kier alpha value is -1.68. The summed E-state index contributed by atoms with van der Waals surface area (Å²) >= 11 is 0. The molecule has 0 fully saturated rings. The van der Waals surface area contributed by atoms with E-state index >= 15 is 0 Å². The zero-order chi connectivity index (χ0) is 11.0. The van der Waals surface area contributed by atoms with Crippen molar-refractivity contribution in [2.24, 2.45) is 0 Å². The van der Waals surface area contributed by atoms with Crippen molar-refractivity contribution >= 4 is 37.4 Å². The van der Waals surface area contributed by atoms with Gasteiger partial charge in [-0.25, -0.2) is 0 Å². The van der Waals surface area contributed by atoms with E-state index in [4.69, 9.17) is 21.0 Å². The Balaban J connectivity index is 2.84. The molecule has 3 heteroatoms. The molecule has 2 aromatic carbocycles. The van der Waals surface area contributed by atoms with Crippen LogP contribution in [0.1, 0.15) is 11.1 Å². The van der Waals surface area contributed by atoms with Crippen molar-refractivity contribution < 1.29 is 0 Å². The smallest absolute Gasteiger partial charge is 0.113 e. The molecule has 0 aliphatic rings. The number of benzene rings is 2. The summed E-state index contributed by atoms with van der Waals surface area (Å²) in [6.07, 6.45) is 0. The topological polar surface area (TPSA) is 23.8 Å². The Kier molecular flexibility index (Phi) is 2.28. The molecule has 0 unspecified atom stereocenters. The van der Waals surface area contributed by atoms with Crippen LogP contribution in [0.4, 0.5) is 0 Å². The van der Waals surface area contributed by atoms with Crippen molar-refractivity contribution in [1.82, 2.24) is 0 Å². The maximum absolute atomic E-state index is 8.90. The molecule has 0 amide bonds. The molecule has 0 bridgehead atoms. The molecule has 4 radical (unpaired) electrons. The Bertz CT molecular complexity index is 582. The largest absolute Gasteiger partial charge is 0.192 e. The van der Waals surface area contributed by atoms with Gasteiger partial charge in [-0.3, -0.25) is 0 Å². The second-order valence-corrected chi connectivity index (χ2v) is 3.61.